The van der Waals surface area contributed by atoms with E-state index in [9.17, 15) is 14.9 Å². The number of thioether (sulfide) groups is 2. The molecule has 0 saturated carbocycles. The Bertz CT molecular complexity index is 964. The standard InChI is InChI=1S/C13H16N2O4S2.C7H15NS.C6H10S.BHN.H2/c1-8(14)3-4-9(2)20-21-10-5-6-12(15(18)19)11(7-10)13(16)17;1-6(8)4-5-7(2)9-3;1-5-3-4-6(2)7-5;1-2;/h5-7,9,14H,3-4H2,1-2H3,(H,16,17);7-8H,4-5H2,1-3H3;6H,1,3-4H2,2H3;2H;1H/i;;;;1+2D. The number of nitrogens with one attached hydrogen (secondary N) is 3. The first kappa shape index (κ1) is 37.4. The maximum atomic E-state index is 11.0. The van der Waals surface area contributed by atoms with Gasteiger partial charge in [-0.05, 0) is 75.7 Å². The molecule has 1 radical (unpaired) electrons. The average Bonchev–Trinajstić information content (AvgIpc) is 3.33. The number of carbonyl (C=O) groups is 1. The van der Waals surface area contributed by atoms with Gasteiger partial charge in [0.1, 0.15) is 5.56 Å². The molecule has 0 aliphatic carbocycles. The molecular formula is C26H44BN4O4S4. The molecule has 2 rings (SSSR count). The van der Waals surface area contributed by atoms with Crippen LogP contribution in [0, 0.1) is 26.2 Å². The Labute approximate surface area is 254 Å². The van der Waals surface area contributed by atoms with E-state index in [4.69, 9.17) is 24.2 Å². The van der Waals surface area contributed by atoms with Crippen molar-refractivity contribution >= 4 is 75.8 Å². The normalized spacial score (nSPS) is 15.4. The number of hydrogen-bond donors (Lipinski definition) is 4. The minimum absolute atomic E-state index is 0.298. The number of carboxylic acid groups (broad SMARTS) is 1. The molecule has 13 heteroatoms. The fourth-order valence-corrected chi connectivity index (χ4v) is 6.41. The topological polar surface area (TPSA) is 152 Å². The molecular weight excluding hydrogens is 571 g/mol. The molecule has 1 heterocycles. The van der Waals surface area contributed by atoms with Gasteiger partial charge in [0.2, 0.25) is 0 Å². The predicted molar refractivity (Wildman–Crippen MR) is 177 cm³/mol. The monoisotopic (exact) mass is 618 g/mol. The fourth-order valence-electron chi connectivity index (χ4n) is 2.81. The quantitative estimate of drug-likeness (QED) is 0.0594. The Morgan fingerprint density at radius 1 is 1.28 bits per heavy atom. The van der Waals surface area contributed by atoms with Gasteiger partial charge in [-0.1, -0.05) is 48.9 Å². The zero-order chi connectivity index (χ0) is 32.5. The van der Waals surface area contributed by atoms with Gasteiger partial charge in [0, 0.05) is 41.1 Å². The van der Waals surface area contributed by atoms with E-state index in [1.54, 1.807) is 23.8 Å². The Morgan fingerprint density at radius 2 is 1.82 bits per heavy atom. The van der Waals surface area contributed by atoms with Gasteiger partial charge >= 0.3 is 18.9 Å². The molecule has 0 spiro atoms. The number of nitro benzene ring substituents is 1. The number of benzene rings is 1. The first-order chi connectivity index (χ1) is 19.3. The van der Waals surface area contributed by atoms with Crippen LogP contribution in [0.15, 0.2) is 34.6 Å². The zero-order valence-corrected chi connectivity index (χ0v) is 27.0. The van der Waals surface area contributed by atoms with Crippen LogP contribution in [0.25, 0.3) is 0 Å². The number of allylic oxidation sites excluding steroid dienone is 1. The van der Waals surface area contributed by atoms with Crippen LogP contribution >= 0.6 is 45.1 Å². The van der Waals surface area contributed by atoms with Crippen LogP contribution in [0.2, 0.25) is 0 Å². The van der Waals surface area contributed by atoms with Crippen LogP contribution in [0.3, 0.4) is 0 Å². The summed E-state index contributed by atoms with van der Waals surface area (Å²) < 4.78 is 10.0. The van der Waals surface area contributed by atoms with Crippen molar-refractivity contribution in [2.75, 3.05) is 6.26 Å². The Balaban J connectivity index is -0.000000592. The van der Waals surface area contributed by atoms with Crippen LogP contribution in [-0.2, 0) is 0 Å². The third-order valence-corrected chi connectivity index (χ3v) is 10.3. The fraction of sp³-hybridized carbons (Fsp3) is 0.577. The Hall–Kier alpha value is -1.57. The summed E-state index contributed by atoms with van der Waals surface area (Å²) in [5, 5.41) is 41.4. The number of nitrogens with zero attached hydrogens (tertiary/aromatic N) is 1. The number of nitro groups is 1. The molecule has 1 saturated heterocycles. The summed E-state index contributed by atoms with van der Waals surface area (Å²) in [5.74, 6) is -1.30. The molecule has 1 aliphatic heterocycles. The van der Waals surface area contributed by atoms with E-state index in [0.29, 0.717) is 21.1 Å². The molecule has 0 amide bonds. The third-order valence-electron chi connectivity index (χ3n) is 5.16. The minimum atomic E-state index is -1.30. The summed E-state index contributed by atoms with van der Waals surface area (Å²) >= 11 is 3.80. The van der Waals surface area contributed by atoms with E-state index in [1.165, 1.54) is 40.7 Å². The summed E-state index contributed by atoms with van der Waals surface area (Å²) in [4.78, 5) is 23.2. The van der Waals surface area contributed by atoms with E-state index in [-0.39, 0.29) is 5.56 Å². The second kappa shape index (κ2) is 23.2. The molecule has 3 unspecified atom stereocenters. The van der Waals surface area contributed by atoms with Crippen molar-refractivity contribution in [1.82, 2.24) is 0 Å². The molecule has 3 atom stereocenters. The van der Waals surface area contributed by atoms with Gasteiger partial charge in [0.25, 0.3) is 5.69 Å². The van der Waals surface area contributed by atoms with Crippen molar-refractivity contribution in [2.45, 2.75) is 93.8 Å². The van der Waals surface area contributed by atoms with Gasteiger partial charge in [0.15, 0.2) is 0 Å². The second-order valence-electron chi connectivity index (χ2n) is 8.92. The van der Waals surface area contributed by atoms with Crippen molar-refractivity contribution < 1.29 is 17.8 Å². The Kier molecular flexibility index (Phi) is 22.2. The maximum absolute atomic E-state index is 11.0. The summed E-state index contributed by atoms with van der Waals surface area (Å²) in [5.41, 5.74) is 0.741. The van der Waals surface area contributed by atoms with Crippen LogP contribution in [-0.4, -0.2) is 57.1 Å². The number of rotatable bonds is 12. The van der Waals surface area contributed by atoms with Crippen molar-refractivity contribution in [3.8, 4) is 0 Å². The van der Waals surface area contributed by atoms with Crippen molar-refractivity contribution in [1.29, 1.82) is 16.1 Å². The van der Waals surface area contributed by atoms with E-state index in [1.807, 2.05) is 37.4 Å². The molecule has 0 aromatic heterocycles. The molecule has 4 N–H and O–H groups in total. The van der Waals surface area contributed by atoms with Crippen molar-refractivity contribution in [3.05, 3.63) is 45.4 Å². The van der Waals surface area contributed by atoms with Gasteiger partial charge < -0.3 is 15.9 Å². The van der Waals surface area contributed by atoms with Crippen molar-refractivity contribution in [3.63, 3.8) is 0 Å². The summed E-state index contributed by atoms with van der Waals surface area (Å²) in [7, 11) is 6.71. The zero-order valence-electron chi connectivity index (χ0n) is 25.7. The third kappa shape index (κ3) is 20.9. The van der Waals surface area contributed by atoms with Crippen LogP contribution in [0.4, 0.5) is 5.69 Å². The molecule has 1 fully saturated rings. The Morgan fingerprint density at radius 3 is 2.18 bits per heavy atom. The van der Waals surface area contributed by atoms with E-state index in [2.05, 4.69) is 34.3 Å². The summed E-state index contributed by atoms with van der Waals surface area (Å²) in [6.45, 7) is 14.0. The SMILES string of the molecule is C=C1CCC(C)S1.CC(=N)CCC(C)SSc1ccc([N+](=O)[O-])c(C(=O)O)c1.CSC(C)CCC(C)=N.[2H][3H].[B]=N. The molecule has 39 heavy (non-hydrogen) atoms. The van der Waals surface area contributed by atoms with Crippen molar-refractivity contribution in [2.24, 2.45) is 0 Å². The molecule has 219 valence electrons. The van der Waals surface area contributed by atoms with Crippen LogP contribution < -0.4 is 0 Å². The first-order valence-electron chi connectivity index (χ1n) is 13.4. The van der Waals surface area contributed by atoms with E-state index >= 15 is 0 Å². The molecule has 1 aromatic rings. The molecule has 0 bridgehead atoms. The molecule has 1 aromatic carbocycles. The van der Waals surface area contributed by atoms with Gasteiger partial charge in [0.05, 0.1) is 4.92 Å². The van der Waals surface area contributed by atoms with Crippen LogP contribution in [0.5, 0.6) is 0 Å². The molecule has 8 nitrogen and oxygen atoms in total. The predicted octanol–water partition coefficient (Wildman–Crippen LogP) is 9.38. The van der Waals surface area contributed by atoms with Crippen LogP contribution in [0.1, 0.15) is 86.5 Å². The summed E-state index contributed by atoms with van der Waals surface area (Å²) in [6.07, 6.45) is 8.40. The van der Waals surface area contributed by atoms with Gasteiger partial charge in [-0.25, -0.2) is 4.79 Å². The number of aromatic carboxylic acids is 1. The van der Waals surface area contributed by atoms with E-state index in [0.717, 1.165) is 36.6 Å². The second-order valence-corrected chi connectivity index (χ2v) is 14.5. The van der Waals surface area contributed by atoms with E-state index < -0.39 is 16.6 Å². The van der Waals surface area contributed by atoms with Gasteiger partial charge in [-0.3, -0.25) is 10.1 Å². The number of hydrogen-bond acceptors (Lipinski definition) is 10. The van der Waals surface area contributed by atoms with Gasteiger partial charge in [-0.15, -0.1) is 11.8 Å². The van der Waals surface area contributed by atoms with Gasteiger partial charge in [-0.2, -0.15) is 11.8 Å². The number of carboxylic acids is 1. The first-order valence-corrected chi connectivity index (χ1v) is 16.7. The molecule has 1 aliphatic rings. The summed E-state index contributed by atoms with van der Waals surface area (Å²) in [6, 6.07) is 4.10. The average molecular weight is 619 g/mol.